The summed E-state index contributed by atoms with van der Waals surface area (Å²) in [7, 11) is 0. The molecule has 0 spiro atoms. The maximum atomic E-state index is 4.90. The largest absolute Gasteiger partial charge is 0.309 e. The van der Waals surface area contributed by atoms with Crippen LogP contribution in [0.15, 0.2) is 188 Å². The van der Waals surface area contributed by atoms with Gasteiger partial charge in [0.1, 0.15) is 0 Å². The molecule has 234 valence electrons. The molecule has 0 unspecified atom stereocenters. The molecule has 3 aromatic heterocycles. The summed E-state index contributed by atoms with van der Waals surface area (Å²) in [6.45, 7) is 0. The molecular weight excluding hydrogens is 607 g/mol. The zero-order chi connectivity index (χ0) is 33.0. The number of fused-ring (bicyclic) bond motifs is 6. The van der Waals surface area contributed by atoms with Crippen LogP contribution >= 0.6 is 0 Å². The average Bonchev–Trinajstić information content (AvgIpc) is 3.71. The molecule has 0 fully saturated rings. The van der Waals surface area contributed by atoms with Gasteiger partial charge in [0, 0.05) is 33.7 Å². The number of rotatable bonds is 5. The van der Waals surface area contributed by atoms with E-state index in [9.17, 15) is 0 Å². The third-order valence-electron chi connectivity index (χ3n) is 9.95. The summed E-state index contributed by atoms with van der Waals surface area (Å²) >= 11 is 0. The van der Waals surface area contributed by atoms with Crippen LogP contribution in [0, 0.1) is 0 Å². The van der Waals surface area contributed by atoms with E-state index in [4.69, 9.17) is 4.98 Å². The number of aromatic nitrogens is 3. The summed E-state index contributed by atoms with van der Waals surface area (Å²) in [4.78, 5) is 4.90. The van der Waals surface area contributed by atoms with Crippen molar-refractivity contribution in [3.63, 3.8) is 0 Å². The molecule has 3 nitrogen and oxygen atoms in total. The van der Waals surface area contributed by atoms with Crippen LogP contribution < -0.4 is 0 Å². The van der Waals surface area contributed by atoms with Crippen LogP contribution in [0.1, 0.15) is 0 Å². The van der Waals surface area contributed by atoms with E-state index in [0.29, 0.717) is 0 Å². The highest BCUT2D eigenvalue weighted by molar-refractivity contribution is 6.12. The fourth-order valence-electron chi connectivity index (χ4n) is 7.63. The van der Waals surface area contributed by atoms with Gasteiger partial charge < -0.3 is 9.13 Å². The van der Waals surface area contributed by atoms with Crippen molar-refractivity contribution < 1.29 is 0 Å². The average molecular weight is 638 g/mol. The lowest BCUT2D eigenvalue weighted by Gasteiger charge is -2.11. The molecule has 7 aromatic carbocycles. The van der Waals surface area contributed by atoms with E-state index in [2.05, 4.69) is 185 Å². The maximum Gasteiger partial charge on any atom is 0.0963 e. The second-order valence-corrected chi connectivity index (χ2v) is 12.9. The highest BCUT2D eigenvalue weighted by atomic mass is 15.0. The molecule has 3 heterocycles. The summed E-state index contributed by atoms with van der Waals surface area (Å²) < 4.78 is 4.74. The minimum Gasteiger partial charge on any atom is -0.309 e. The molecule has 0 amide bonds. The number of hydrogen-bond donors (Lipinski definition) is 0. The second-order valence-electron chi connectivity index (χ2n) is 12.9. The van der Waals surface area contributed by atoms with Gasteiger partial charge >= 0.3 is 0 Å². The van der Waals surface area contributed by atoms with Gasteiger partial charge in [-0.05, 0) is 100 Å². The molecule has 50 heavy (non-hydrogen) atoms. The highest BCUT2D eigenvalue weighted by Gasteiger charge is 2.17. The van der Waals surface area contributed by atoms with E-state index in [1.54, 1.807) is 0 Å². The lowest BCUT2D eigenvalue weighted by molar-refractivity contribution is 1.18. The van der Waals surface area contributed by atoms with Crippen LogP contribution in [0.2, 0.25) is 0 Å². The van der Waals surface area contributed by atoms with Crippen molar-refractivity contribution in [3.05, 3.63) is 188 Å². The summed E-state index contributed by atoms with van der Waals surface area (Å²) in [6.07, 6.45) is 1.90. The SMILES string of the molecule is c1ccc(-c2cccc(-n3c4ccccc4c4cc(-c5ccc6c(c5)c5ncccc5n6-c5cccc(-c6ccccc6)c5)ccc43)c2)cc1. The minimum absolute atomic E-state index is 1.01. The molecule has 10 rings (SSSR count). The molecule has 10 aromatic rings. The molecule has 0 atom stereocenters. The number of hydrogen-bond acceptors (Lipinski definition) is 1. The molecule has 3 heteroatoms. The standard InChI is InChI=1S/C47H31N3/c1-3-12-32(13-4-1)34-16-9-18-38(28-34)49-43-21-8-7-20-40(43)41-30-36(23-25-44(41)49)37-24-26-45-42(31-37)47-46(22-11-27-48-47)50(45)39-19-10-17-35(29-39)33-14-5-2-6-15-33/h1-31H. The van der Waals surface area contributed by atoms with Gasteiger partial charge in [-0.15, -0.1) is 0 Å². The number of nitrogens with zero attached hydrogens (tertiary/aromatic N) is 3. The molecule has 0 radical (unpaired) electrons. The normalized spacial score (nSPS) is 11.6. The Morgan fingerprint density at radius 3 is 1.44 bits per heavy atom. The van der Waals surface area contributed by atoms with Crippen molar-refractivity contribution in [2.24, 2.45) is 0 Å². The number of para-hydroxylation sites is 1. The lowest BCUT2D eigenvalue weighted by atomic mass is 10.0. The van der Waals surface area contributed by atoms with Crippen molar-refractivity contribution in [2.75, 3.05) is 0 Å². The third kappa shape index (κ3) is 4.56. The molecule has 0 bridgehead atoms. The van der Waals surface area contributed by atoms with Crippen LogP contribution in [0.25, 0.3) is 88.5 Å². The van der Waals surface area contributed by atoms with Gasteiger partial charge in [0.2, 0.25) is 0 Å². The Labute approximate surface area is 290 Å². The van der Waals surface area contributed by atoms with Crippen LogP contribution in [-0.2, 0) is 0 Å². The predicted octanol–water partition coefficient (Wildman–Crippen LogP) is 12.3. The molecule has 0 aliphatic rings. The zero-order valence-electron chi connectivity index (χ0n) is 27.2. The summed E-state index contributed by atoms with van der Waals surface area (Å²) in [5.41, 5.74) is 15.1. The Morgan fingerprint density at radius 2 is 0.780 bits per heavy atom. The molecular formula is C47H31N3. The molecule has 0 saturated carbocycles. The van der Waals surface area contributed by atoms with Gasteiger partial charge in [0.15, 0.2) is 0 Å². The van der Waals surface area contributed by atoms with Crippen molar-refractivity contribution in [3.8, 4) is 44.8 Å². The fourth-order valence-corrected chi connectivity index (χ4v) is 7.63. The summed E-state index contributed by atoms with van der Waals surface area (Å²) in [5, 5.41) is 3.62. The van der Waals surface area contributed by atoms with Gasteiger partial charge in [-0.3, -0.25) is 4.98 Å². The first-order valence-corrected chi connectivity index (χ1v) is 17.0. The topological polar surface area (TPSA) is 22.8 Å². The predicted molar refractivity (Wildman–Crippen MR) is 209 cm³/mol. The fraction of sp³-hybridized carbons (Fsp3) is 0. The van der Waals surface area contributed by atoms with Crippen molar-refractivity contribution in [1.29, 1.82) is 0 Å². The van der Waals surface area contributed by atoms with Gasteiger partial charge in [0.05, 0.1) is 27.6 Å². The Kier molecular flexibility index (Phi) is 6.49. The van der Waals surface area contributed by atoms with E-state index < -0.39 is 0 Å². The lowest BCUT2D eigenvalue weighted by Crippen LogP contribution is -1.94. The van der Waals surface area contributed by atoms with Gasteiger partial charge in [-0.25, -0.2) is 0 Å². The second kappa shape index (κ2) is 11.5. The first kappa shape index (κ1) is 28.3. The first-order chi connectivity index (χ1) is 24.8. The van der Waals surface area contributed by atoms with Crippen LogP contribution in [0.3, 0.4) is 0 Å². The quantitative estimate of drug-likeness (QED) is 0.184. The third-order valence-corrected chi connectivity index (χ3v) is 9.95. The van der Waals surface area contributed by atoms with Gasteiger partial charge in [-0.2, -0.15) is 0 Å². The Balaban J connectivity index is 1.12. The summed E-state index contributed by atoms with van der Waals surface area (Å²) in [6, 6.07) is 65.4. The smallest absolute Gasteiger partial charge is 0.0963 e. The number of pyridine rings is 1. The number of benzene rings is 7. The van der Waals surface area contributed by atoms with Crippen LogP contribution in [-0.4, -0.2) is 14.1 Å². The highest BCUT2D eigenvalue weighted by Crippen LogP contribution is 2.38. The van der Waals surface area contributed by atoms with Crippen LogP contribution in [0.5, 0.6) is 0 Å². The van der Waals surface area contributed by atoms with Gasteiger partial charge in [-0.1, -0.05) is 115 Å². The van der Waals surface area contributed by atoms with E-state index in [1.165, 1.54) is 55.2 Å². The van der Waals surface area contributed by atoms with E-state index in [0.717, 1.165) is 33.3 Å². The molecule has 0 aliphatic carbocycles. The maximum absolute atomic E-state index is 4.90. The Hall–Kier alpha value is -6.71. The van der Waals surface area contributed by atoms with Crippen molar-refractivity contribution >= 4 is 43.7 Å². The minimum atomic E-state index is 1.01. The van der Waals surface area contributed by atoms with Gasteiger partial charge in [0.25, 0.3) is 0 Å². The Morgan fingerprint density at radius 1 is 0.300 bits per heavy atom. The molecule has 0 aliphatic heterocycles. The van der Waals surface area contributed by atoms with E-state index in [1.807, 2.05) is 12.3 Å². The first-order valence-electron chi connectivity index (χ1n) is 17.0. The summed E-state index contributed by atoms with van der Waals surface area (Å²) in [5.74, 6) is 0. The Bertz CT molecular complexity index is 2660. The van der Waals surface area contributed by atoms with Crippen LogP contribution in [0.4, 0.5) is 0 Å². The molecule has 0 N–H and O–H groups in total. The van der Waals surface area contributed by atoms with E-state index in [-0.39, 0.29) is 0 Å². The monoisotopic (exact) mass is 637 g/mol. The van der Waals surface area contributed by atoms with Crippen molar-refractivity contribution in [1.82, 2.24) is 14.1 Å². The zero-order valence-corrected chi connectivity index (χ0v) is 27.2. The van der Waals surface area contributed by atoms with E-state index >= 15 is 0 Å². The molecule has 0 saturated heterocycles. The van der Waals surface area contributed by atoms with Crippen molar-refractivity contribution in [2.45, 2.75) is 0 Å².